The summed E-state index contributed by atoms with van der Waals surface area (Å²) in [6.45, 7) is 1.16. The number of rotatable bonds is 8. The number of aliphatic hydroxyl groups excluding tert-OH is 1. The van der Waals surface area contributed by atoms with Gasteiger partial charge in [-0.15, -0.1) is 0 Å². The molecule has 10 nitrogen and oxygen atoms in total. The number of aryl methyl sites for hydroxylation is 1. The van der Waals surface area contributed by atoms with E-state index in [0.29, 0.717) is 0 Å². The normalized spacial score (nSPS) is 11.2. The third-order valence-electron chi connectivity index (χ3n) is 4.42. The lowest BCUT2D eigenvalue weighted by Gasteiger charge is -2.12. The van der Waals surface area contributed by atoms with Gasteiger partial charge in [0, 0.05) is 18.3 Å². The molecular weight excluding hydrogens is 481 g/mol. The number of aliphatic hydroxyl groups is 1. The van der Waals surface area contributed by atoms with Gasteiger partial charge in [0.1, 0.15) is 22.9 Å². The fourth-order valence-corrected chi connectivity index (χ4v) is 3.03. The first-order valence-electron chi connectivity index (χ1n) is 9.68. The van der Waals surface area contributed by atoms with Gasteiger partial charge < -0.3 is 25.6 Å². The van der Waals surface area contributed by atoms with E-state index in [-0.39, 0.29) is 58.9 Å². The number of carbonyl (C=O) groups excluding carboxylic acids is 2. The van der Waals surface area contributed by atoms with Crippen LogP contribution in [0.1, 0.15) is 37.9 Å². The Morgan fingerprint density at radius 2 is 1.94 bits per heavy atom. The Balaban J connectivity index is 1.63. The number of nitrogens with zero attached hydrogens (tertiary/aromatic N) is 3. The van der Waals surface area contributed by atoms with Gasteiger partial charge in [0.15, 0.2) is 5.69 Å². The van der Waals surface area contributed by atoms with Crippen molar-refractivity contribution in [3.8, 4) is 0 Å². The molecule has 0 atom stereocenters. The van der Waals surface area contributed by atoms with E-state index in [1.165, 1.54) is 25.1 Å². The van der Waals surface area contributed by atoms with E-state index < -0.39 is 23.6 Å². The van der Waals surface area contributed by atoms with Gasteiger partial charge in [-0.25, -0.2) is 9.97 Å². The Bertz CT molecular complexity index is 1200. The zero-order valence-corrected chi connectivity index (χ0v) is 18.3. The zero-order valence-electron chi connectivity index (χ0n) is 17.5. The summed E-state index contributed by atoms with van der Waals surface area (Å²) in [6.07, 6.45) is -3.45. The number of amides is 2. The molecule has 0 spiro atoms. The van der Waals surface area contributed by atoms with Crippen molar-refractivity contribution in [3.05, 3.63) is 63.9 Å². The number of nitrogens with one attached hydrogen (secondary N) is 3. The first-order chi connectivity index (χ1) is 16.1. The second-order valence-electron chi connectivity index (χ2n) is 6.88. The molecule has 1 aromatic carbocycles. The highest BCUT2D eigenvalue weighted by molar-refractivity contribution is 6.35. The molecule has 2 heterocycles. The number of alkyl halides is 3. The fraction of sp³-hybridized carbons (Fsp3) is 0.250. The highest BCUT2D eigenvalue weighted by Crippen LogP contribution is 2.33. The van der Waals surface area contributed by atoms with Crippen LogP contribution in [0.25, 0.3) is 0 Å². The van der Waals surface area contributed by atoms with Crippen LogP contribution >= 0.6 is 11.6 Å². The van der Waals surface area contributed by atoms with Crippen LogP contribution in [0.4, 0.5) is 24.7 Å². The summed E-state index contributed by atoms with van der Waals surface area (Å²) < 4.78 is 44.1. The van der Waals surface area contributed by atoms with Crippen LogP contribution in [0.3, 0.4) is 0 Å². The van der Waals surface area contributed by atoms with E-state index in [4.69, 9.17) is 21.2 Å². The molecule has 180 valence electrons. The minimum Gasteiger partial charge on any atom is -0.395 e. The topological polar surface area (TPSA) is 142 Å². The summed E-state index contributed by atoms with van der Waals surface area (Å²) >= 11 is 6.11. The van der Waals surface area contributed by atoms with Crippen molar-refractivity contribution in [2.75, 3.05) is 23.8 Å². The Kier molecular flexibility index (Phi) is 7.68. The van der Waals surface area contributed by atoms with Gasteiger partial charge in [-0.05, 0) is 24.6 Å². The monoisotopic (exact) mass is 498 g/mol. The average Bonchev–Trinajstić information content (AvgIpc) is 3.26. The third kappa shape index (κ3) is 5.99. The summed E-state index contributed by atoms with van der Waals surface area (Å²) in [5.41, 5.74) is -0.883. The number of aromatic nitrogens is 3. The first-order valence-corrected chi connectivity index (χ1v) is 10.1. The van der Waals surface area contributed by atoms with Crippen molar-refractivity contribution < 1.29 is 32.4 Å². The molecule has 0 aliphatic rings. The maximum absolute atomic E-state index is 13.1. The van der Waals surface area contributed by atoms with Crippen molar-refractivity contribution in [3.63, 3.8) is 0 Å². The van der Waals surface area contributed by atoms with Gasteiger partial charge >= 0.3 is 6.18 Å². The number of benzene rings is 1. The molecule has 0 unspecified atom stereocenters. The van der Waals surface area contributed by atoms with Crippen molar-refractivity contribution in [1.29, 1.82) is 0 Å². The van der Waals surface area contributed by atoms with Crippen LogP contribution in [0.15, 0.2) is 35.1 Å². The second kappa shape index (κ2) is 10.5. The molecule has 0 bridgehead atoms. The molecule has 34 heavy (non-hydrogen) atoms. The highest BCUT2D eigenvalue weighted by atomic mass is 35.5. The average molecular weight is 499 g/mol. The summed E-state index contributed by atoms with van der Waals surface area (Å²) in [6, 6.07) is 4.61. The Morgan fingerprint density at radius 3 is 2.65 bits per heavy atom. The summed E-state index contributed by atoms with van der Waals surface area (Å²) in [5, 5.41) is 20.0. The fourth-order valence-electron chi connectivity index (χ4n) is 2.78. The SMILES string of the molecule is Cc1ccc(NC(=O)c2cc(CNC(=O)c3ncnc(NCCO)c3Cl)no2)cc1C(F)(F)F. The van der Waals surface area contributed by atoms with Crippen LogP contribution in [0.2, 0.25) is 5.02 Å². The predicted molar refractivity (Wildman–Crippen MR) is 114 cm³/mol. The van der Waals surface area contributed by atoms with Crippen molar-refractivity contribution in [1.82, 2.24) is 20.4 Å². The molecule has 0 radical (unpaired) electrons. The number of halogens is 4. The molecule has 3 aromatic rings. The van der Waals surface area contributed by atoms with Crippen LogP contribution < -0.4 is 16.0 Å². The van der Waals surface area contributed by atoms with E-state index in [0.717, 1.165) is 12.4 Å². The van der Waals surface area contributed by atoms with Crippen LogP contribution in [0.5, 0.6) is 0 Å². The Hall–Kier alpha value is -3.71. The van der Waals surface area contributed by atoms with E-state index >= 15 is 0 Å². The molecule has 0 aliphatic carbocycles. The lowest BCUT2D eigenvalue weighted by molar-refractivity contribution is -0.138. The summed E-state index contributed by atoms with van der Waals surface area (Å²) in [5.74, 6) is -1.58. The van der Waals surface area contributed by atoms with E-state index in [9.17, 15) is 22.8 Å². The number of anilines is 2. The van der Waals surface area contributed by atoms with Gasteiger partial charge in [0.2, 0.25) is 5.76 Å². The number of hydrogen-bond acceptors (Lipinski definition) is 8. The van der Waals surface area contributed by atoms with Crippen molar-refractivity contribution in [2.45, 2.75) is 19.6 Å². The van der Waals surface area contributed by atoms with Gasteiger partial charge in [0.05, 0.1) is 18.7 Å². The molecule has 0 aliphatic heterocycles. The van der Waals surface area contributed by atoms with Crippen LogP contribution in [0, 0.1) is 6.92 Å². The minimum atomic E-state index is -4.56. The number of hydrogen-bond donors (Lipinski definition) is 4. The van der Waals surface area contributed by atoms with E-state index in [2.05, 4.69) is 31.1 Å². The number of carbonyl (C=O) groups is 2. The van der Waals surface area contributed by atoms with Gasteiger partial charge in [-0.1, -0.05) is 22.8 Å². The molecular formula is C20H18ClF3N6O4. The van der Waals surface area contributed by atoms with Crippen LogP contribution in [-0.4, -0.2) is 45.2 Å². The van der Waals surface area contributed by atoms with Crippen LogP contribution in [-0.2, 0) is 12.7 Å². The second-order valence-corrected chi connectivity index (χ2v) is 7.26. The van der Waals surface area contributed by atoms with E-state index in [1.54, 1.807) is 0 Å². The molecule has 2 amide bonds. The quantitative estimate of drug-likeness (QED) is 0.371. The highest BCUT2D eigenvalue weighted by Gasteiger charge is 2.32. The Labute approximate surface area is 195 Å². The standard InChI is InChI=1S/C20H18ClF3N6O4/c1-10-2-3-11(6-13(10)20(22,23)24)29-18(32)14-7-12(30-34-14)8-26-19(33)16-15(21)17(25-4-5-31)28-9-27-16/h2-3,6-7,9,31H,4-5,8H2,1H3,(H,26,33)(H,29,32)(H,25,27,28). The van der Waals surface area contributed by atoms with Gasteiger partial charge in [0.25, 0.3) is 11.8 Å². The lowest BCUT2D eigenvalue weighted by Crippen LogP contribution is -2.25. The zero-order chi connectivity index (χ0) is 24.9. The first kappa shape index (κ1) is 24.9. The Morgan fingerprint density at radius 1 is 1.18 bits per heavy atom. The molecule has 0 saturated heterocycles. The van der Waals surface area contributed by atoms with Gasteiger partial charge in [-0.3, -0.25) is 9.59 Å². The minimum absolute atomic E-state index is 0.0169. The largest absolute Gasteiger partial charge is 0.416 e. The summed E-state index contributed by atoms with van der Waals surface area (Å²) in [7, 11) is 0. The summed E-state index contributed by atoms with van der Waals surface area (Å²) in [4.78, 5) is 32.4. The maximum atomic E-state index is 13.1. The van der Waals surface area contributed by atoms with E-state index in [1.807, 2.05) is 0 Å². The van der Waals surface area contributed by atoms with Crippen molar-refractivity contribution >= 4 is 34.9 Å². The molecule has 3 rings (SSSR count). The molecule has 2 aromatic heterocycles. The molecule has 0 saturated carbocycles. The third-order valence-corrected chi connectivity index (χ3v) is 4.78. The van der Waals surface area contributed by atoms with Crippen molar-refractivity contribution in [2.24, 2.45) is 0 Å². The molecule has 4 N–H and O–H groups in total. The van der Waals surface area contributed by atoms with Gasteiger partial charge in [-0.2, -0.15) is 13.2 Å². The maximum Gasteiger partial charge on any atom is 0.416 e. The lowest BCUT2D eigenvalue weighted by atomic mass is 10.1. The predicted octanol–water partition coefficient (Wildman–Crippen LogP) is 3.03. The smallest absolute Gasteiger partial charge is 0.395 e. The molecule has 14 heteroatoms. The molecule has 0 fully saturated rings.